The number of hydrogen-bond donors (Lipinski definition) is 1. The van der Waals surface area contributed by atoms with Gasteiger partial charge < -0.3 is 19.5 Å². The molecule has 7 nitrogen and oxygen atoms in total. The van der Waals surface area contributed by atoms with Crippen LogP contribution in [0.1, 0.15) is 56.3 Å². The Morgan fingerprint density at radius 2 is 1.61 bits per heavy atom. The Morgan fingerprint density at radius 1 is 0.972 bits per heavy atom. The highest BCUT2D eigenvalue weighted by Crippen LogP contribution is 2.39. The standard InChI is InChI=1S/C29H36N2O5/c1-19(2)21-5-7-22(8-6-21)26-25(27(32)23-9-11-24(12-10-23)36-20(3)4)28(33)29(34)31(26)14-13-30-15-17-35-18-16-30/h5-12,19-20,26,32H,13-18H2,1-4H3/t26-/m0/s1. The van der Waals surface area contributed by atoms with Crippen LogP contribution in [0.5, 0.6) is 5.75 Å². The Kier molecular flexibility index (Phi) is 8.11. The van der Waals surface area contributed by atoms with Crippen LogP contribution in [0, 0.1) is 0 Å². The first-order valence-electron chi connectivity index (χ1n) is 12.7. The zero-order chi connectivity index (χ0) is 25.8. The number of carbonyl (C=O) groups excluding carboxylic acids is 2. The average Bonchev–Trinajstić information content (AvgIpc) is 3.12. The van der Waals surface area contributed by atoms with Crippen molar-refractivity contribution < 1.29 is 24.2 Å². The maximum absolute atomic E-state index is 13.3. The summed E-state index contributed by atoms with van der Waals surface area (Å²) in [4.78, 5) is 30.3. The van der Waals surface area contributed by atoms with Crippen molar-refractivity contribution in [2.24, 2.45) is 0 Å². The van der Waals surface area contributed by atoms with E-state index in [4.69, 9.17) is 9.47 Å². The minimum absolute atomic E-state index is 0.0232. The van der Waals surface area contributed by atoms with Gasteiger partial charge in [0, 0.05) is 31.7 Å². The summed E-state index contributed by atoms with van der Waals surface area (Å²) in [5.41, 5.74) is 2.57. The van der Waals surface area contributed by atoms with Gasteiger partial charge in [-0.1, -0.05) is 38.1 Å². The Hall–Kier alpha value is -3.16. The van der Waals surface area contributed by atoms with Crippen molar-refractivity contribution in [3.63, 3.8) is 0 Å². The minimum atomic E-state index is -0.657. The quantitative estimate of drug-likeness (QED) is 0.335. The third-order valence-electron chi connectivity index (χ3n) is 6.72. The molecule has 0 bridgehead atoms. The van der Waals surface area contributed by atoms with Crippen LogP contribution in [0.3, 0.4) is 0 Å². The molecule has 2 heterocycles. The van der Waals surface area contributed by atoms with E-state index in [0.717, 1.165) is 18.7 Å². The highest BCUT2D eigenvalue weighted by Gasteiger charge is 2.46. The third-order valence-corrected chi connectivity index (χ3v) is 6.72. The lowest BCUT2D eigenvalue weighted by molar-refractivity contribution is -0.140. The van der Waals surface area contributed by atoms with E-state index in [-0.39, 0.29) is 17.4 Å². The number of ketones is 1. The number of benzene rings is 2. The lowest BCUT2D eigenvalue weighted by Gasteiger charge is -2.31. The van der Waals surface area contributed by atoms with Crippen molar-refractivity contribution in [3.05, 3.63) is 70.8 Å². The monoisotopic (exact) mass is 492 g/mol. The smallest absolute Gasteiger partial charge is 0.295 e. The summed E-state index contributed by atoms with van der Waals surface area (Å²) in [6.07, 6.45) is 0.0232. The molecule has 0 aromatic heterocycles. The van der Waals surface area contributed by atoms with Crippen LogP contribution in [0.15, 0.2) is 54.1 Å². The molecular weight excluding hydrogens is 456 g/mol. The topological polar surface area (TPSA) is 79.3 Å². The van der Waals surface area contributed by atoms with E-state index in [0.29, 0.717) is 43.5 Å². The van der Waals surface area contributed by atoms with E-state index in [1.54, 1.807) is 29.2 Å². The molecule has 0 unspecified atom stereocenters. The van der Waals surface area contributed by atoms with Gasteiger partial charge in [0.05, 0.1) is 30.9 Å². The molecule has 2 saturated heterocycles. The van der Waals surface area contributed by atoms with E-state index >= 15 is 0 Å². The molecule has 1 N–H and O–H groups in total. The molecule has 192 valence electrons. The highest BCUT2D eigenvalue weighted by molar-refractivity contribution is 6.46. The van der Waals surface area contributed by atoms with Crippen LogP contribution < -0.4 is 4.74 Å². The van der Waals surface area contributed by atoms with Gasteiger partial charge in [0.1, 0.15) is 11.5 Å². The molecule has 0 spiro atoms. The van der Waals surface area contributed by atoms with Crippen LogP contribution >= 0.6 is 0 Å². The number of Topliss-reactive ketones (excluding diaryl/α,β-unsaturated/α-hetero) is 1. The largest absolute Gasteiger partial charge is 0.507 e. The van der Waals surface area contributed by atoms with Crippen LogP contribution in [0.2, 0.25) is 0 Å². The molecule has 4 rings (SSSR count). The molecule has 2 aliphatic heterocycles. The number of amides is 1. The number of hydrogen-bond acceptors (Lipinski definition) is 6. The van der Waals surface area contributed by atoms with Crippen LogP contribution in [-0.2, 0) is 14.3 Å². The van der Waals surface area contributed by atoms with Crippen molar-refractivity contribution in [1.82, 2.24) is 9.80 Å². The Morgan fingerprint density at radius 3 is 2.19 bits per heavy atom. The summed E-state index contributed by atoms with van der Waals surface area (Å²) < 4.78 is 11.1. The van der Waals surface area contributed by atoms with Gasteiger partial charge in [0.15, 0.2) is 0 Å². The maximum Gasteiger partial charge on any atom is 0.295 e. The molecule has 1 atom stereocenters. The second-order valence-electron chi connectivity index (χ2n) is 9.96. The minimum Gasteiger partial charge on any atom is -0.507 e. The third kappa shape index (κ3) is 5.63. The second kappa shape index (κ2) is 11.3. The summed E-state index contributed by atoms with van der Waals surface area (Å²) in [7, 11) is 0. The van der Waals surface area contributed by atoms with Crippen molar-refractivity contribution in [3.8, 4) is 5.75 Å². The number of rotatable bonds is 8. The molecule has 0 radical (unpaired) electrons. The fourth-order valence-electron chi connectivity index (χ4n) is 4.71. The predicted octanol–water partition coefficient (Wildman–Crippen LogP) is 4.35. The summed E-state index contributed by atoms with van der Waals surface area (Å²) in [5.74, 6) is -0.375. The predicted molar refractivity (Wildman–Crippen MR) is 139 cm³/mol. The Balaban J connectivity index is 1.70. The number of ether oxygens (including phenoxy) is 2. The molecule has 0 aliphatic carbocycles. The Labute approximate surface area is 213 Å². The van der Waals surface area contributed by atoms with Crippen LogP contribution in [-0.4, -0.2) is 72.1 Å². The van der Waals surface area contributed by atoms with Crippen molar-refractivity contribution >= 4 is 17.4 Å². The van der Waals surface area contributed by atoms with Crippen molar-refractivity contribution in [1.29, 1.82) is 0 Å². The van der Waals surface area contributed by atoms with E-state index in [2.05, 4.69) is 18.7 Å². The molecule has 1 amide bonds. The number of likely N-dealkylation sites (tertiary alicyclic amines) is 1. The van der Waals surface area contributed by atoms with Crippen molar-refractivity contribution in [2.45, 2.75) is 45.8 Å². The van der Waals surface area contributed by atoms with E-state index in [1.165, 1.54) is 5.56 Å². The van der Waals surface area contributed by atoms with Gasteiger partial charge in [-0.2, -0.15) is 0 Å². The Bertz CT molecular complexity index is 1100. The molecule has 0 saturated carbocycles. The second-order valence-corrected chi connectivity index (χ2v) is 9.96. The van der Waals surface area contributed by atoms with Crippen molar-refractivity contribution in [2.75, 3.05) is 39.4 Å². The molecular formula is C29H36N2O5. The lowest BCUT2D eigenvalue weighted by Crippen LogP contribution is -2.42. The first-order chi connectivity index (χ1) is 17.3. The van der Waals surface area contributed by atoms with Gasteiger partial charge in [-0.25, -0.2) is 0 Å². The summed E-state index contributed by atoms with van der Waals surface area (Å²) in [6, 6.07) is 14.3. The molecule has 2 aromatic rings. The summed E-state index contributed by atoms with van der Waals surface area (Å²) in [6.45, 7) is 12.1. The maximum atomic E-state index is 13.3. The summed E-state index contributed by atoms with van der Waals surface area (Å²) >= 11 is 0. The van der Waals surface area contributed by atoms with E-state index in [9.17, 15) is 14.7 Å². The van der Waals surface area contributed by atoms with E-state index in [1.807, 2.05) is 38.1 Å². The summed E-state index contributed by atoms with van der Waals surface area (Å²) in [5, 5.41) is 11.3. The highest BCUT2D eigenvalue weighted by atomic mass is 16.5. The number of nitrogens with zero attached hydrogens (tertiary/aromatic N) is 2. The zero-order valence-corrected chi connectivity index (χ0v) is 21.6. The van der Waals surface area contributed by atoms with Gasteiger partial charge in [-0.3, -0.25) is 14.5 Å². The zero-order valence-electron chi connectivity index (χ0n) is 21.6. The first-order valence-corrected chi connectivity index (χ1v) is 12.7. The lowest BCUT2D eigenvalue weighted by atomic mass is 9.93. The fourth-order valence-corrected chi connectivity index (χ4v) is 4.71. The molecule has 2 aliphatic rings. The molecule has 7 heteroatoms. The van der Waals surface area contributed by atoms with Gasteiger partial charge >= 0.3 is 0 Å². The molecule has 2 aromatic carbocycles. The number of aliphatic hydroxyl groups is 1. The number of carbonyl (C=O) groups is 2. The molecule has 36 heavy (non-hydrogen) atoms. The number of morpholine rings is 1. The fraction of sp³-hybridized carbons (Fsp3) is 0.448. The first kappa shape index (κ1) is 25.9. The average molecular weight is 493 g/mol. The molecule has 2 fully saturated rings. The SMILES string of the molecule is CC(C)Oc1ccc(C(O)=C2C(=O)C(=O)N(CCN3CCOCC3)[C@H]2c2ccc(C(C)C)cc2)cc1. The van der Waals surface area contributed by atoms with E-state index < -0.39 is 17.7 Å². The van der Waals surface area contributed by atoms with Crippen LogP contribution in [0.4, 0.5) is 0 Å². The van der Waals surface area contributed by atoms with Gasteiger partial charge in [-0.15, -0.1) is 0 Å². The van der Waals surface area contributed by atoms with Gasteiger partial charge in [0.2, 0.25) is 0 Å². The van der Waals surface area contributed by atoms with Gasteiger partial charge in [0.25, 0.3) is 11.7 Å². The van der Waals surface area contributed by atoms with Crippen LogP contribution in [0.25, 0.3) is 5.76 Å². The van der Waals surface area contributed by atoms with Gasteiger partial charge in [-0.05, 0) is 55.2 Å². The number of aliphatic hydroxyl groups excluding tert-OH is 1. The normalized spacial score (nSPS) is 20.5.